The number of esters is 1. The SMILES string of the molecule is C[C@H]1OC(=O)C(O)C(O)C1O. The number of rotatable bonds is 0. The van der Waals surface area contributed by atoms with Crippen LogP contribution >= 0.6 is 0 Å². The van der Waals surface area contributed by atoms with E-state index in [1.807, 2.05) is 0 Å². The number of ether oxygens (including phenoxy) is 1. The van der Waals surface area contributed by atoms with Crippen molar-refractivity contribution in [1.29, 1.82) is 0 Å². The molecule has 0 saturated carbocycles. The molecule has 0 aromatic heterocycles. The summed E-state index contributed by atoms with van der Waals surface area (Å²) in [5.41, 5.74) is 0. The first-order valence-electron chi connectivity index (χ1n) is 3.28. The number of carbonyl (C=O) groups is 1. The van der Waals surface area contributed by atoms with E-state index >= 15 is 0 Å². The van der Waals surface area contributed by atoms with Crippen LogP contribution in [0.5, 0.6) is 0 Å². The normalized spacial score (nSPS) is 45.3. The molecule has 0 bridgehead atoms. The topological polar surface area (TPSA) is 87.0 Å². The summed E-state index contributed by atoms with van der Waals surface area (Å²) in [5, 5.41) is 26.9. The maximum atomic E-state index is 10.6. The molecule has 64 valence electrons. The zero-order valence-corrected chi connectivity index (χ0v) is 5.97. The van der Waals surface area contributed by atoms with Crippen molar-refractivity contribution in [3.05, 3.63) is 0 Å². The molecule has 4 atom stereocenters. The third-order valence-corrected chi connectivity index (χ3v) is 1.70. The summed E-state index contributed by atoms with van der Waals surface area (Å²) in [7, 11) is 0. The van der Waals surface area contributed by atoms with Crippen LogP contribution in [0.25, 0.3) is 0 Å². The predicted molar refractivity (Wildman–Crippen MR) is 33.6 cm³/mol. The van der Waals surface area contributed by atoms with Crippen molar-refractivity contribution < 1.29 is 24.9 Å². The monoisotopic (exact) mass is 162 g/mol. The van der Waals surface area contributed by atoms with Crippen molar-refractivity contribution in [2.24, 2.45) is 0 Å². The van der Waals surface area contributed by atoms with Crippen molar-refractivity contribution in [2.75, 3.05) is 0 Å². The minimum atomic E-state index is -1.62. The van der Waals surface area contributed by atoms with Crippen LogP contribution in [0.1, 0.15) is 6.92 Å². The molecule has 1 saturated heterocycles. The Morgan fingerprint density at radius 1 is 1.27 bits per heavy atom. The van der Waals surface area contributed by atoms with Crippen molar-refractivity contribution in [2.45, 2.75) is 31.3 Å². The van der Waals surface area contributed by atoms with E-state index in [0.29, 0.717) is 0 Å². The molecule has 0 amide bonds. The molecule has 5 nitrogen and oxygen atoms in total. The van der Waals surface area contributed by atoms with Crippen molar-refractivity contribution in [3.63, 3.8) is 0 Å². The van der Waals surface area contributed by atoms with E-state index in [0.717, 1.165) is 0 Å². The molecule has 3 N–H and O–H groups in total. The molecule has 1 rings (SSSR count). The number of cyclic esters (lactones) is 1. The van der Waals surface area contributed by atoms with Crippen molar-refractivity contribution in [3.8, 4) is 0 Å². The van der Waals surface area contributed by atoms with Gasteiger partial charge in [-0.1, -0.05) is 0 Å². The first-order chi connectivity index (χ1) is 5.04. The Morgan fingerprint density at radius 3 is 2.36 bits per heavy atom. The van der Waals surface area contributed by atoms with Crippen LogP contribution in [0.4, 0.5) is 0 Å². The molecule has 1 aliphatic rings. The molecule has 1 fully saturated rings. The molecule has 1 aliphatic heterocycles. The van der Waals surface area contributed by atoms with Crippen LogP contribution in [0, 0.1) is 0 Å². The average Bonchev–Trinajstić information content (AvgIpc) is 1.97. The van der Waals surface area contributed by atoms with E-state index in [-0.39, 0.29) is 0 Å². The minimum absolute atomic E-state index is 0.763. The van der Waals surface area contributed by atoms with E-state index in [2.05, 4.69) is 4.74 Å². The fourth-order valence-electron chi connectivity index (χ4n) is 0.927. The highest BCUT2D eigenvalue weighted by Gasteiger charge is 2.41. The van der Waals surface area contributed by atoms with Gasteiger partial charge in [0.15, 0.2) is 6.10 Å². The fourth-order valence-corrected chi connectivity index (χ4v) is 0.927. The number of aliphatic hydroxyl groups is 3. The van der Waals surface area contributed by atoms with Crippen molar-refractivity contribution >= 4 is 5.97 Å². The second-order valence-electron chi connectivity index (χ2n) is 2.57. The van der Waals surface area contributed by atoms with Gasteiger partial charge in [0.25, 0.3) is 0 Å². The number of hydrogen-bond donors (Lipinski definition) is 3. The summed E-state index contributed by atoms with van der Waals surface area (Å²) in [6.07, 6.45) is -5.03. The van der Waals surface area contributed by atoms with Gasteiger partial charge in [-0.15, -0.1) is 0 Å². The maximum absolute atomic E-state index is 10.6. The van der Waals surface area contributed by atoms with Crippen LogP contribution in [-0.4, -0.2) is 45.7 Å². The van der Waals surface area contributed by atoms with Gasteiger partial charge >= 0.3 is 5.97 Å². The van der Waals surface area contributed by atoms with Crippen LogP contribution in [0.3, 0.4) is 0 Å². The van der Waals surface area contributed by atoms with Gasteiger partial charge in [-0.25, -0.2) is 4.79 Å². The summed E-state index contributed by atoms with van der Waals surface area (Å²) >= 11 is 0. The Hall–Kier alpha value is -0.650. The highest BCUT2D eigenvalue weighted by Crippen LogP contribution is 2.15. The highest BCUT2D eigenvalue weighted by atomic mass is 16.6. The van der Waals surface area contributed by atoms with Crippen LogP contribution in [0.2, 0.25) is 0 Å². The molecule has 0 aromatic carbocycles. The van der Waals surface area contributed by atoms with Gasteiger partial charge in [-0.05, 0) is 6.92 Å². The molecular weight excluding hydrogens is 152 g/mol. The number of hydrogen-bond acceptors (Lipinski definition) is 5. The van der Waals surface area contributed by atoms with Gasteiger partial charge in [-0.3, -0.25) is 0 Å². The van der Waals surface area contributed by atoms with Gasteiger partial charge in [0.1, 0.15) is 18.3 Å². The van der Waals surface area contributed by atoms with E-state index < -0.39 is 30.4 Å². The molecule has 0 radical (unpaired) electrons. The predicted octanol–water partition coefficient (Wildman–Crippen LogP) is -1.99. The van der Waals surface area contributed by atoms with Gasteiger partial charge in [-0.2, -0.15) is 0 Å². The summed E-state index contributed by atoms with van der Waals surface area (Å²) in [6, 6.07) is 0. The molecular formula is C6H10O5. The zero-order valence-electron chi connectivity index (χ0n) is 5.97. The fraction of sp³-hybridized carbons (Fsp3) is 0.833. The summed E-state index contributed by atoms with van der Waals surface area (Å²) in [4.78, 5) is 10.6. The molecule has 0 aliphatic carbocycles. The number of carbonyl (C=O) groups excluding carboxylic acids is 1. The summed E-state index contributed by atoms with van der Waals surface area (Å²) in [5.74, 6) is -0.893. The van der Waals surface area contributed by atoms with E-state index in [1.165, 1.54) is 6.92 Å². The largest absolute Gasteiger partial charge is 0.458 e. The van der Waals surface area contributed by atoms with Gasteiger partial charge in [0.2, 0.25) is 0 Å². The lowest BCUT2D eigenvalue weighted by atomic mass is 10.0. The molecule has 0 aromatic rings. The van der Waals surface area contributed by atoms with Crippen LogP contribution < -0.4 is 0 Å². The first-order valence-corrected chi connectivity index (χ1v) is 3.28. The standard InChI is InChI=1S/C6H10O5/c1-2-3(7)4(8)5(9)6(10)11-2/h2-5,7-9H,1H3/t2-,3?,4?,5?/m1/s1. The van der Waals surface area contributed by atoms with E-state index in [9.17, 15) is 4.79 Å². The number of aliphatic hydroxyl groups excluding tert-OH is 3. The van der Waals surface area contributed by atoms with Crippen LogP contribution in [0.15, 0.2) is 0 Å². The quantitative estimate of drug-likeness (QED) is 0.359. The van der Waals surface area contributed by atoms with E-state index in [4.69, 9.17) is 15.3 Å². The Balaban J connectivity index is 2.70. The van der Waals surface area contributed by atoms with Gasteiger partial charge < -0.3 is 20.1 Å². The average molecular weight is 162 g/mol. The highest BCUT2D eigenvalue weighted by molar-refractivity contribution is 5.76. The van der Waals surface area contributed by atoms with E-state index in [1.54, 1.807) is 0 Å². The van der Waals surface area contributed by atoms with Crippen molar-refractivity contribution in [1.82, 2.24) is 0 Å². The lowest BCUT2D eigenvalue weighted by Gasteiger charge is -2.31. The Morgan fingerprint density at radius 2 is 1.82 bits per heavy atom. The lowest BCUT2D eigenvalue weighted by molar-refractivity contribution is -0.199. The third kappa shape index (κ3) is 1.35. The van der Waals surface area contributed by atoms with Crippen LogP contribution in [-0.2, 0) is 9.53 Å². The second kappa shape index (κ2) is 2.77. The second-order valence-corrected chi connectivity index (χ2v) is 2.57. The lowest BCUT2D eigenvalue weighted by Crippen LogP contribution is -2.54. The molecule has 0 spiro atoms. The van der Waals surface area contributed by atoms with Gasteiger partial charge in [0.05, 0.1) is 0 Å². The maximum Gasteiger partial charge on any atom is 0.338 e. The summed E-state index contributed by atoms with van der Waals surface area (Å²) < 4.78 is 4.48. The Kier molecular flexibility index (Phi) is 2.12. The third-order valence-electron chi connectivity index (χ3n) is 1.70. The summed E-state index contributed by atoms with van der Waals surface area (Å²) in [6.45, 7) is 1.44. The van der Waals surface area contributed by atoms with Gasteiger partial charge in [0, 0.05) is 0 Å². The minimum Gasteiger partial charge on any atom is -0.458 e. The molecule has 1 heterocycles. The molecule has 5 heteroatoms. The zero-order chi connectivity index (χ0) is 8.59. The first kappa shape index (κ1) is 8.45. The Labute approximate surface area is 63.2 Å². The molecule has 3 unspecified atom stereocenters. The smallest absolute Gasteiger partial charge is 0.338 e. The Bertz CT molecular complexity index is 168. The molecule has 11 heavy (non-hydrogen) atoms.